The lowest BCUT2D eigenvalue weighted by Gasteiger charge is -2.23. The summed E-state index contributed by atoms with van der Waals surface area (Å²) in [7, 11) is 0. The molecule has 2 N–H and O–H groups in total. The number of carbonyl (C=O) groups is 2. The van der Waals surface area contributed by atoms with Crippen molar-refractivity contribution in [2.24, 2.45) is 5.73 Å². The molecule has 0 aliphatic carbocycles. The third kappa shape index (κ3) is 2.43. The van der Waals surface area contributed by atoms with Gasteiger partial charge in [0.2, 0.25) is 0 Å². The molecule has 0 radical (unpaired) electrons. The molecule has 1 aromatic rings. The summed E-state index contributed by atoms with van der Waals surface area (Å²) in [6.07, 6.45) is 1.99. The lowest BCUT2D eigenvalue weighted by atomic mass is 10.1. The average molecular weight is 246 g/mol. The van der Waals surface area contributed by atoms with Gasteiger partial charge in [-0.1, -0.05) is 12.1 Å². The molecule has 1 saturated heterocycles. The standard InChI is InChI=1S/C14H18N2O2/c1-10(17)11-4-6-12(7-5-11)14(18)16-8-2-3-13(16)9-15/h4-7,13H,2-3,8-9,15H2,1H3. The molecule has 1 heterocycles. The van der Waals surface area contributed by atoms with Crippen LogP contribution in [0.15, 0.2) is 24.3 Å². The molecule has 1 aliphatic rings. The second-order valence-electron chi connectivity index (χ2n) is 4.66. The number of benzene rings is 1. The topological polar surface area (TPSA) is 63.4 Å². The van der Waals surface area contributed by atoms with Crippen molar-refractivity contribution in [2.45, 2.75) is 25.8 Å². The monoisotopic (exact) mass is 246 g/mol. The fourth-order valence-electron chi connectivity index (χ4n) is 2.36. The van der Waals surface area contributed by atoms with Gasteiger partial charge in [-0.3, -0.25) is 9.59 Å². The first kappa shape index (κ1) is 12.8. The van der Waals surface area contributed by atoms with E-state index in [9.17, 15) is 9.59 Å². The third-order valence-electron chi connectivity index (χ3n) is 3.45. The van der Waals surface area contributed by atoms with Crippen LogP contribution in [0.25, 0.3) is 0 Å². The SMILES string of the molecule is CC(=O)c1ccc(C(=O)N2CCCC2CN)cc1. The zero-order valence-electron chi connectivity index (χ0n) is 10.6. The van der Waals surface area contributed by atoms with Crippen LogP contribution in [0.1, 0.15) is 40.5 Å². The number of likely N-dealkylation sites (tertiary alicyclic amines) is 1. The molecule has 0 saturated carbocycles. The van der Waals surface area contributed by atoms with Crippen LogP contribution in [0.5, 0.6) is 0 Å². The maximum absolute atomic E-state index is 12.3. The lowest BCUT2D eigenvalue weighted by Crippen LogP contribution is -2.39. The predicted molar refractivity (Wildman–Crippen MR) is 69.6 cm³/mol. The van der Waals surface area contributed by atoms with E-state index in [0.29, 0.717) is 17.7 Å². The summed E-state index contributed by atoms with van der Waals surface area (Å²) in [5.41, 5.74) is 6.92. The first-order chi connectivity index (χ1) is 8.63. The van der Waals surface area contributed by atoms with E-state index in [0.717, 1.165) is 19.4 Å². The van der Waals surface area contributed by atoms with E-state index in [1.165, 1.54) is 6.92 Å². The minimum Gasteiger partial charge on any atom is -0.334 e. The van der Waals surface area contributed by atoms with E-state index in [4.69, 9.17) is 5.73 Å². The van der Waals surface area contributed by atoms with Crippen molar-refractivity contribution in [3.8, 4) is 0 Å². The minimum atomic E-state index is 0.00927. The van der Waals surface area contributed by atoms with Crippen LogP contribution >= 0.6 is 0 Å². The van der Waals surface area contributed by atoms with E-state index in [2.05, 4.69) is 0 Å². The van der Waals surface area contributed by atoms with Crippen molar-refractivity contribution in [3.05, 3.63) is 35.4 Å². The number of hydrogen-bond acceptors (Lipinski definition) is 3. The number of Topliss-reactive ketones (excluding diaryl/α,β-unsaturated/α-hetero) is 1. The predicted octanol–water partition coefficient (Wildman–Crippen LogP) is 1.45. The zero-order valence-corrected chi connectivity index (χ0v) is 10.6. The molecule has 4 nitrogen and oxygen atoms in total. The minimum absolute atomic E-state index is 0.00927. The van der Waals surface area contributed by atoms with Gasteiger partial charge >= 0.3 is 0 Å². The molecule has 1 aliphatic heterocycles. The Morgan fingerprint density at radius 2 is 1.89 bits per heavy atom. The van der Waals surface area contributed by atoms with Gasteiger partial charge in [0.05, 0.1) is 0 Å². The molecule has 1 aromatic carbocycles. The maximum Gasteiger partial charge on any atom is 0.254 e. The molecule has 4 heteroatoms. The maximum atomic E-state index is 12.3. The number of nitrogens with two attached hydrogens (primary N) is 1. The number of hydrogen-bond donors (Lipinski definition) is 1. The molecule has 96 valence electrons. The molecular weight excluding hydrogens is 228 g/mol. The van der Waals surface area contributed by atoms with Gasteiger partial charge in [-0.25, -0.2) is 0 Å². The molecule has 0 bridgehead atoms. The van der Waals surface area contributed by atoms with Crippen molar-refractivity contribution in [2.75, 3.05) is 13.1 Å². The highest BCUT2D eigenvalue weighted by molar-refractivity contribution is 5.97. The Morgan fingerprint density at radius 3 is 2.44 bits per heavy atom. The third-order valence-corrected chi connectivity index (χ3v) is 3.45. The van der Waals surface area contributed by atoms with E-state index in [-0.39, 0.29) is 17.7 Å². The average Bonchev–Trinajstić information content (AvgIpc) is 2.86. The number of carbonyl (C=O) groups excluding carboxylic acids is 2. The second-order valence-corrected chi connectivity index (χ2v) is 4.66. The van der Waals surface area contributed by atoms with Gasteiger partial charge in [0.15, 0.2) is 5.78 Å². The number of ketones is 1. The number of nitrogens with zero attached hydrogens (tertiary/aromatic N) is 1. The molecule has 1 unspecified atom stereocenters. The van der Waals surface area contributed by atoms with Crippen LogP contribution < -0.4 is 5.73 Å². The van der Waals surface area contributed by atoms with Crippen molar-refractivity contribution < 1.29 is 9.59 Å². The van der Waals surface area contributed by atoms with Crippen LogP contribution in [-0.2, 0) is 0 Å². The van der Waals surface area contributed by atoms with Crippen LogP contribution in [0.3, 0.4) is 0 Å². The Balaban J connectivity index is 2.16. The van der Waals surface area contributed by atoms with Gasteiger partial charge in [0.1, 0.15) is 0 Å². The van der Waals surface area contributed by atoms with Gasteiger partial charge in [0.25, 0.3) is 5.91 Å². The fraction of sp³-hybridized carbons (Fsp3) is 0.429. The fourth-order valence-corrected chi connectivity index (χ4v) is 2.36. The summed E-state index contributed by atoms with van der Waals surface area (Å²) < 4.78 is 0. The lowest BCUT2D eigenvalue weighted by molar-refractivity contribution is 0.0740. The first-order valence-corrected chi connectivity index (χ1v) is 6.25. The summed E-state index contributed by atoms with van der Waals surface area (Å²) in [5.74, 6) is 0.0214. The summed E-state index contributed by atoms with van der Waals surface area (Å²) in [5, 5.41) is 0. The van der Waals surface area contributed by atoms with Gasteiger partial charge in [0, 0.05) is 30.3 Å². The Kier molecular flexibility index (Phi) is 3.77. The smallest absolute Gasteiger partial charge is 0.254 e. The summed E-state index contributed by atoms with van der Waals surface area (Å²) in [6.45, 7) is 2.80. The van der Waals surface area contributed by atoms with Gasteiger partial charge in [-0.15, -0.1) is 0 Å². The molecule has 0 aromatic heterocycles. The van der Waals surface area contributed by atoms with Gasteiger partial charge in [-0.2, -0.15) is 0 Å². The van der Waals surface area contributed by atoms with E-state index in [1.807, 2.05) is 4.90 Å². The highest BCUT2D eigenvalue weighted by Crippen LogP contribution is 2.19. The van der Waals surface area contributed by atoms with E-state index >= 15 is 0 Å². The summed E-state index contributed by atoms with van der Waals surface area (Å²) in [4.78, 5) is 25.3. The van der Waals surface area contributed by atoms with Crippen molar-refractivity contribution >= 4 is 11.7 Å². The molecule has 18 heavy (non-hydrogen) atoms. The van der Waals surface area contributed by atoms with Crippen molar-refractivity contribution in [1.29, 1.82) is 0 Å². The van der Waals surface area contributed by atoms with E-state index in [1.54, 1.807) is 24.3 Å². The second kappa shape index (κ2) is 5.31. The van der Waals surface area contributed by atoms with Crippen LogP contribution in [0, 0.1) is 0 Å². The number of rotatable bonds is 3. The highest BCUT2D eigenvalue weighted by Gasteiger charge is 2.28. The molecule has 0 spiro atoms. The van der Waals surface area contributed by atoms with Crippen LogP contribution in [0.4, 0.5) is 0 Å². The molecule has 2 rings (SSSR count). The Hall–Kier alpha value is -1.68. The molecule has 1 atom stereocenters. The quantitative estimate of drug-likeness (QED) is 0.821. The summed E-state index contributed by atoms with van der Waals surface area (Å²) >= 11 is 0. The molecule has 1 fully saturated rings. The normalized spacial score (nSPS) is 19.0. The molecular formula is C14H18N2O2. The zero-order chi connectivity index (χ0) is 13.1. The van der Waals surface area contributed by atoms with Crippen LogP contribution in [0.2, 0.25) is 0 Å². The number of amides is 1. The first-order valence-electron chi connectivity index (χ1n) is 6.25. The van der Waals surface area contributed by atoms with Crippen molar-refractivity contribution in [3.63, 3.8) is 0 Å². The van der Waals surface area contributed by atoms with E-state index < -0.39 is 0 Å². The Bertz CT molecular complexity index is 453. The van der Waals surface area contributed by atoms with Gasteiger partial charge < -0.3 is 10.6 Å². The van der Waals surface area contributed by atoms with Crippen molar-refractivity contribution in [1.82, 2.24) is 4.90 Å². The Labute approximate surface area is 107 Å². The van der Waals surface area contributed by atoms with Crippen LogP contribution in [-0.4, -0.2) is 35.7 Å². The highest BCUT2D eigenvalue weighted by atomic mass is 16.2. The molecule has 1 amide bonds. The van der Waals surface area contributed by atoms with Gasteiger partial charge in [-0.05, 0) is 31.9 Å². The Morgan fingerprint density at radius 1 is 1.28 bits per heavy atom. The summed E-state index contributed by atoms with van der Waals surface area (Å²) in [6, 6.07) is 6.98. The largest absolute Gasteiger partial charge is 0.334 e.